The standard InChI is InChI=1S/C27H33N3O6/c1-27(2,15-19-4-7-23(34-3)8-5-19)29-17-22(31)18-36-24-9-6-20(14-21(24)16-28)25(32)26(33)30-10-12-35-13-11-30/h4-9,14,22,29,31H,10-13,15,17-18H2,1-3H3. The number of ether oxygens (including phenoxy) is 3. The Morgan fingerprint density at radius 1 is 1.19 bits per heavy atom. The lowest BCUT2D eigenvalue weighted by Gasteiger charge is -2.28. The third-order valence-electron chi connectivity index (χ3n) is 5.91. The average molecular weight is 496 g/mol. The van der Waals surface area contributed by atoms with Crippen molar-refractivity contribution in [1.29, 1.82) is 5.26 Å². The van der Waals surface area contributed by atoms with Crippen LogP contribution >= 0.6 is 0 Å². The molecular weight excluding hydrogens is 462 g/mol. The highest BCUT2D eigenvalue weighted by Crippen LogP contribution is 2.21. The second kappa shape index (κ2) is 12.5. The molecule has 2 aromatic rings. The maximum absolute atomic E-state index is 12.6. The second-order valence-corrected chi connectivity index (χ2v) is 9.31. The SMILES string of the molecule is COc1ccc(CC(C)(C)NCC(O)COc2ccc(C(=O)C(=O)N3CCOCC3)cc2C#N)cc1. The van der Waals surface area contributed by atoms with Gasteiger partial charge >= 0.3 is 0 Å². The Morgan fingerprint density at radius 3 is 2.53 bits per heavy atom. The number of aliphatic hydroxyl groups excluding tert-OH is 1. The van der Waals surface area contributed by atoms with Crippen LogP contribution in [-0.2, 0) is 16.0 Å². The summed E-state index contributed by atoms with van der Waals surface area (Å²) in [6.07, 6.45) is -0.0714. The van der Waals surface area contributed by atoms with Crippen LogP contribution < -0.4 is 14.8 Å². The molecular formula is C27H33N3O6. The summed E-state index contributed by atoms with van der Waals surface area (Å²) >= 11 is 0. The molecule has 0 aromatic heterocycles. The van der Waals surface area contributed by atoms with Crippen molar-refractivity contribution in [2.45, 2.75) is 31.9 Å². The number of morpholine rings is 1. The summed E-state index contributed by atoms with van der Waals surface area (Å²) in [4.78, 5) is 26.5. The van der Waals surface area contributed by atoms with Crippen molar-refractivity contribution < 1.29 is 28.9 Å². The molecule has 192 valence electrons. The van der Waals surface area contributed by atoms with E-state index in [1.807, 2.05) is 44.2 Å². The molecule has 0 saturated carbocycles. The number of Topliss-reactive ketones (excluding diaryl/α,β-unsaturated/α-hetero) is 1. The van der Waals surface area contributed by atoms with Gasteiger partial charge in [-0.3, -0.25) is 9.59 Å². The second-order valence-electron chi connectivity index (χ2n) is 9.31. The van der Waals surface area contributed by atoms with Gasteiger partial charge in [-0.25, -0.2) is 0 Å². The van der Waals surface area contributed by atoms with E-state index in [-0.39, 0.29) is 35.6 Å². The number of nitrogens with one attached hydrogen (secondary N) is 1. The van der Waals surface area contributed by atoms with E-state index in [1.165, 1.54) is 23.1 Å². The predicted molar refractivity (Wildman–Crippen MR) is 133 cm³/mol. The minimum Gasteiger partial charge on any atom is -0.497 e. The molecule has 0 bridgehead atoms. The number of hydrogen-bond acceptors (Lipinski definition) is 8. The topological polar surface area (TPSA) is 121 Å². The molecule has 0 aliphatic carbocycles. The van der Waals surface area contributed by atoms with E-state index in [2.05, 4.69) is 5.32 Å². The Hall–Kier alpha value is -3.45. The van der Waals surface area contributed by atoms with Crippen LogP contribution in [-0.4, -0.2) is 79.9 Å². The van der Waals surface area contributed by atoms with Crippen LogP contribution in [0.2, 0.25) is 0 Å². The zero-order chi connectivity index (χ0) is 26.1. The first-order valence-corrected chi connectivity index (χ1v) is 11.9. The highest BCUT2D eigenvalue weighted by Gasteiger charge is 2.26. The fourth-order valence-electron chi connectivity index (χ4n) is 3.87. The number of carbonyl (C=O) groups excluding carboxylic acids is 2. The number of nitrogens with zero attached hydrogens (tertiary/aromatic N) is 2. The van der Waals surface area contributed by atoms with Gasteiger partial charge in [-0.05, 0) is 56.2 Å². The molecule has 9 nitrogen and oxygen atoms in total. The molecule has 2 N–H and O–H groups in total. The lowest BCUT2D eigenvalue weighted by Crippen LogP contribution is -2.46. The summed E-state index contributed by atoms with van der Waals surface area (Å²) in [6.45, 7) is 5.85. The van der Waals surface area contributed by atoms with Gasteiger partial charge in [0.1, 0.15) is 30.3 Å². The molecule has 1 unspecified atom stereocenters. The number of aliphatic hydroxyl groups is 1. The zero-order valence-corrected chi connectivity index (χ0v) is 21.0. The van der Waals surface area contributed by atoms with Crippen LogP contribution in [0.4, 0.5) is 0 Å². The molecule has 0 radical (unpaired) electrons. The molecule has 2 aromatic carbocycles. The third-order valence-corrected chi connectivity index (χ3v) is 5.91. The van der Waals surface area contributed by atoms with Gasteiger partial charge in [0.15, 0.2) is 0 Å². The number of benzene rings is 2. The van der Waals surface area contributed by atoms with Crippen molar-refractivity contribution in [3.63, 3.8) is 0 Å². The van der Waals surface area contributed by atoms with E-state index in [1.54, 1.807) is 7.11 Å². The van der Waals surface area contributed by atoms with Crippen molar-refractivity contribution >= 4 is 11.7 Å². The first-order chi connectivity index (χ1) is 17.2. The number of amides is 1. The van der Waals surface area contributed by atoms with Crippen LogP contribution in [0.15, 0.2) is 42.5 Å². The summed E-state index contributed by atoms with van der Waals surface area (Å²) in [5, 5.41) is 23.3. The largest absolute Gasteiger partial charge is 0.497 e. The summed E-state index contributed by atoms with van der Waals surface area (Å²) < 4.78 is 16.1. The number of carbonyl (C=O) groups is 2. The Labute approximate surface area is 211 Å². The Kier molecular flexibility index (Phi) is 9.42. The molecule has 36 heavy (non-hydrogen) atoms. The third kappa shape index (κ3) is 7.52. The molecule has 0 spiro atoms. The van der Waals surface area contributed by atoms with E-state index in [4.69, 9.17) is 14.2 Å². The van der Waals surface area contributed by atoms with Gasteiger partial charge in [0, 0.05) is 30.7 Å². The molecule has 1 aliphatic rings. The lowest BCUT2D eigenvalue weighted by molar-refractivity contribution is -0.130. The summed E-state index contributed by atoms with van der Waals surface area (Å²) in [5.41, 5.74) is 1.11. The number of rotatable bonds is 11. The van der Waals surface area contributed by atoms with Crippen molar-refractivity contribution in [3.8, 4) is 17.6 Å². The van der Waals surface area contributed by atoms with Gasteiger partial charge in [-0.15, -0.1) is 0 Å². The van der Waals surface area contributed by atoms with Crippen LogP contribution in [0.25, 0.3) is 0 Å². The van der Waals surface area contributed by atoms with E-state index < -0.39 is 17.8 Å². The number of methoxy groups -OCH3 is 1. The molecule has 1 aliphatic heterocycles. The van der Waals surface area contributed by atoms with Crippen molar-refractivity contribution in [2.75, 3.05) is 46.6 Å². The van der Waals surface area contributed by atoms with Crippen LogP contribution in [0.3, 0.4) is 0 Å². The molecule has 9 heteroatoms. The Bertz CT molecular complexity index is 1090. The molecule has 1 heterocycles. The van der Waals surface area contributed by atoms with E-state index >= 15 is 0 Å². The maximum atomic E-state index is 12.6. The van der Waals surface area contributed by atoms with Crippen LogP contribution in [0, 0.1) is 11.3 Å². The number of β-amino-alcohol motifs (C(OH)–C–C–N with tert-alkyl or cyclic N) is 1. The fraction of sp³-hybridized carbons (Fsp3) is 0.444. The van der Waals surface area contributed by atoms with Gasteiger partial charge in [-0.2, -0.15) is 5.26 Å². The molecule has 1 fully saturated rings. The molecule has 1 atom stereocenters. The summed E-state index contributed by atoms with van der Waals surface area (Å²) in [5.74, 6) is -0.253. The normalized spacial score (nSPS) is 14.6. The van der Waals surface area contributed by atoms with Gasteiger partial charge in [0.05, 0.1) is 25.9 Å². The maximum Gasteiger partial charge on any atom is 0.295 e. The number of hydrogen-bond donors (Lipinski definition) is 2. The minimum absolute atomic E-state index is 0.0414. The Morgan fingerprint density at radius 2 is 1.89 bits per heavy atom. The fourth-order valence-corrected chi connectivity index (χ4v) is 3.87. The van der Waals surface area contributed by atoms with Crippen molar-refractivity contribution in [1.82, 2.24) is 10.2 Å². The molecule has 1 saturated heterocycles. The summed E-state index contributed by atoms with van der Waals surface area (Å²) in [7, 11) is 1.63. The monoisotopic (exact) mass is 495 g/mol. The van der Waals surface area contributed by atoms with Crippen molar-refractivity contribution in [3.05, 3.63) is 59.2 Å². The quantitative estimate of drug-likeness (QED) is 0.359. The van der Waals surface area contributed by atoms with Gasteiger partial charge in [-0.1, -0.05) is 12.1 Å². The van der Waals surface area contributed by atoms with E-state index in [9.17, 15) is 20.0 Å². The van der Waals surface area contributed by atoms with E-state index in [0.717, 1.165) is 17.7 Å². The highest BCUT2D eigenvalue weighted by atomic mass is 16.5. The smallest absolute Gasteiger partial charge is 0.295 e. The van der Waals surface area contributed by atoms with Gasteiger partial charge in [0.25, 0.3) is 5.91 Å². The van der Waals surface area contributed by atoms with Gasteiger partial charge < -0.3 is 29.5 Å². The summed E-state index contributed by atoms with van der Waals surface area (Å²) in [6, 6.07) is 14.1. The molecule has 3 rings (SSSR count). The van der Waals surface area contributed by atoms with E-state index in [0.29, 0.717) is 26.3 Å². The van der Waals surface area contributed by atoms with Crippen molar-refractivity contribution in [2.24, 2.45) is 0 Å². The first kappa shape index (κ1) is 27.1. The van der Waals surface area contributed by atoms with Crippen LogP contribution in [0.5, 0.6) is 11.5 Å². The lowest BCUT2D eigenvalue weighted by atomic mass is 9.94. The minimum atomic E-state index is -0.823. The number of nitriles is 1. The number of ketones is 1. The highest BCUT2D eigenvalue weighted by molar-refractivity contribution is 6.42. The van der Waals surface area contributed by atoms with Crippen LogP contribution in [0.1, 0.15) is 35.3 Å². The molecule has 1 amide bonds. The first-order valence-electron chi connectivity index (χ1n) is 11.9. The van der Waals surface area contributed by atoms with Gasteiger partial charge in [0.2, 0.25) is 5.78 Å². The zero-order valence-electron chi connectivity index (χ0n) is 21.0. The Balaban J connectivity index is 1.52. The average Bonchev–Trinajstić information content (AvgIpc) is 2.90. The predicted octanol–water partition coefficient (Wildman–Crippen LogP) is 1.96.